The third-order valence-corrected chi connectivity index (χ3v) is 4.40. The molecule has 1 aromatic carbocycles. The summed E-state index contributed by atoms with van der Waals surface area (Å²) in [6.45, 7) is 0. The van der Waals surface area contributed by atoms with Crippen LogP contribution in [-0.2, 0) is 4.74 Å². The summed E-state index contributed by atoms with van der Waals surface area (Å²) in [5, 5.41) is 3.60. The molecule has 3 nitrogen and oxygen atoms in total. The summed E-state index contributed by atoms with van der Waals surface area (Å²) in [5.74, 6) is 1.53. The summed E-state index contributed by atoms with van der Waals surface area (Å²) >= 11 is 0. The molecule has 0 saturated heterocycles. The minimum Gasteiger partial charge on any atom is -0.465 e. The molecule has 18 heavy (non-hydrogen) atoms. The smallest absolute Gasteiger partial charge is 0.337 e. The van der Waals surface area contributed by atoms with Gasteiger partial charge >= 0.3 is 5.97 Å². The Morgan fingerprint density at radius 1 is 1.22 bits per heavy atom. The number of ether oxygens (including phenoxy) is 1. The maximum Gasteiger partial charge on any atom is 0.337 e. The van der Waals surface area contributed by atoms with Crippen LogP contribution >= 0.6 is 0 Å². The zero-order valence-electron chi connectivity index (χ0n) is 10.7. The first kappa shape index (κ1) is 11.6. The Kier molecular flexibility index (Phi) is 2.98. The minimum absolute atomic E-state index is 0.276. The molecule has 0 spiro atoms. The third-order valence-electron chi connectivity index (χ3n) is 4.40. The first-order valence-corrected chi connectivity index (χ1v) is 6.71. The molecule has 1 N–H and O–H groups in total. The van der Waals surface area contributed by atoms with Gasteiger partial charge in [-0.2, -0.15) is 0 Å². The van der Waals surface area contributed by atoms with Gasteiger partial charge in [-0.3, -0.25) is 0 Å². The molecule has 3 unspecified atom stereocenters. The number of hydrogen-bond acceptors (Lipinski definition) is 3. The predicted molar refractivity (Wildman–Crippen MR) is 70.6 cm³/mol. The largest absolute Gasteiger partial charge is 0.465 e. The molecular weight excluding hydrogens is 226 g/mol. The van der Waals surface area contributed by atoms with Crippen LogP contribution in [0.15, 0.2) is 24.3 Å². The molecule has 3 heteroatoms. The lowest BCUT2D eigenvalue weighted by Crippen LogP contribution is -2.25. The van der Waals surface area contributed by atoms with E-state index in [0.29, 0.717) is 11.6 Å². The van der Waals surface area contributed by atoms with Crippen LogP contribution in [0, 0.1) is 11.8 Å². The average molecular weight is 245 g/mol. The van der Waals surface area contributed by atoms with Gasteiger partial charge < -0.3 is 10.1 Å². The van der Waals surface area contributed by atoms with Crippen molar-refractivity contribution in [2.24, 2.45) is 11.8 Å². The molecule has 96 valence electrons. The number of fused-ring (bicyclic) bond motifs is 2. The maximum atomic E-state index is 11.3. The van der Waals surface area contributed by atoms with Crippen LogP contribution in [0.1, 0.15) is 36.0 Å². The molecule has 0 amide bonds. The Balaban J connectivity index is 1.65. The highest BCUT2D eigenvalue weighted by molar-refractivity contribution is 5.89. The fraction of sp³-hybridized carbons (Fsp3) is 0.533. The quantitative estimate of drug-likeness (QED) is 0.832. The number of carbonyl (C=O) groups is 1. The van der Waals surface area contributed by atoms with Crippen molar-refractivity contribution in [1.29, 1.82) is 0 Å². The fourth-order valence-corrected chi connectivity index (χ4v) is 3.46. The SMILES string of the molecule is COC(=O)c1ccc(NC2CC3CCC2C3)cc1. The molecule has 0 heterocycles. The van der Waals surface area contributed by atoms with Gasteiger partial charge in [0.2, 0.25) is 0 Å². The molecule has 0 aliphatic heterocycles. The normalized spacial score (nSPS) is 29.3. The second kappa shape index (κ2) is 4.63. The van der Waals surface area contributed by atoms with E-state index in [2.05, 4.69) is 5.32 Å². The molecule has 2 aliphatic rings. The van der Waals surface area contributed by atoms with E-state index >= 15 is 0 Å². The predicted octanol–water partition coefficient (Wildman–Crippen LogP) is 3.07. The highest BCUT2D eigenvalue weighted by Crippen LogP contribution is 2.45. The minimum atomic E-state index is -0.276. The number of carbonyl (C=O) groups excluding carboxylic acids is 1. The van der Waals surface area contributed by atoms with Gasteiger partial charge in [0.05, 0.1) is 12.7 Å². The summed E-state index contributed by atoms with van der Waals surface area (Å²) in [6.07, 6.45) is 5.51. The standard InChI is InChI=1S/C15H19NO2/c1-18-15(17)11-4-6-13(7-5-11)16-14-9-10-2-3-12(14)8-10/h4-7,10,12,14,16H,2-3,8-9H2,1H3. The van der Waals surface area contributed by atoms with E-state index in [9.17, 15) is 4.79 Å². The lowest BCUT2D eigenvalue weighted by molar-refractivity contribution is 0.0601. The number of methoxy groups -OCH3 is 1. The zero-order valence-corrected chi connectivity index (χ0v) is 10.7. The number of rotatable bonds is 3. The van der Waals surface area contributed by atoms with Crippen molar-refractivity contribution in [1.82, 2.24) is 0 Å². The van der Waals surface area contributed by atoms with Gasteiger partial charge in [0.15, 0.2) is 0 Å². The topological polar surface area (TPSA) is 38.3 Å². The molecule has 2 fully saturated rings. The van der Waals surface area contributed by atoms with Gasteiger partial charge in [0.25, 0.3) is 0 Å². The highest BCUT2D eigenvalue weighted by atomic mass is 16.5. The molecule has 1 aromatic rings. The molecule has 0 radical (unpaired) electrons. The van der Waals surface area contributed by atoms with E-state index in [1.165, 1.54) is 32.8 Å². The first-order chi connectivity index (χ1) is 8.76. The number of nitrogens with one attached hydrogen (secondary N) is 1. The molecule has 2 saturated carbocycles. The van der Waals surface area contributed by atoms with Gasteiger partial charge in [-0.05, 0) is 55.4 Å². The Morgan fingerprint density at radius 2 is 2.00 bits per heavy atom. The van der Waals surface area contributed by atoms with Crippen LogP contribution in [0.5, 0.6) is 0 Å². The zero-order chi connectivity index (χ0) is 12.5. The number of benzene rings is 1. The second-order valence-corrected chi connectivity index (χ2v) is 5.49. The lowest BCUT2D eigenvalue weighted by Gasteiger charge is -2.24. The third kappa shape index (κ3) is 2.09. The summed E-state index contributed by atoms with van der Waals surface area (Å²) in [6, 6.07) is 8.21. The van der Waals surface area contributed by atoms with Crippen LogP contribution in [0.3, 0.4) is 0 Å². The molecule has 3 rings (SSSR count). The van der Waals surface area contributed by atoms with Crippen LogP contribution in [0.2, 0.25) is 0 Å². The number of hydrogen-bond donors (Lipinski definition) is 1. The summed E-state index contributed by atoms with van der Waals surface area (Å²) in [7, 11) is 1.41. The highest BCUT2D eigenvalue weighted by Gasteiger charge is 2.39. The van der Waals surface area contributed by atoms with Crippen molar-refractivity contribution >= 4 is 11.7 Å². The van der Waals surface area contributed by atoms with Crippen molar-refractivity contribution in [2.45, 2.75) is 31.7 Å². The van der Waals surface area contributed by atoms with E-state index < -0.39 is 0 Å². The monoisotopic (exact) mass is 245 g/mol. The molecule has 2 aliphatic carbocycles. The van der Waals surface area contributed by atoms with E-state index in [0.717, 1.165) is 17.5 Å². The fourth-order valence-electron chi connectivity index (χ4n) is 3.46. The van der Waals surface area contributed by atoms with Crippen LogP contribution in [-0.4, -0.2) is 19.1 Å². The molecule has 2 bridgehead atoms. The van der Waals surface area contributed by atoms with Crippen LogP contribution in [0.25, 0.3) is 0 Å². The van der Waals surface area contributed by atoms with Crippen molar-refractivity contribution < 1.29 is 9.53 Å². The number of anilines is 1. The van der Waals surface area contributed by atoms with Crippen molar-refractivity contribution in [3.63, 3.8) is 0 Å². The first-order valence-electron chi connectivity index (χ1n) is 6.71. The second-order valence-electron chi connectivity index (χ2n) is 5.49. The van der Waals surface area contributed by atoms with Crippen molar-refractivity contribution in [2.75, 3.05) is 12.4 Å². The van der Waals surface area contributed by atoms with Crippen molar-refractivity contribution in [3.05, 3.63) is 29.8 Å². The van der Waals surface area contributed by atoms with E-state index in [4.69, 9.17) is 4.74 Å². The maximum absolute atomic E-state index is 11.3. The molecule has 0 aromatic heterocycles. The number of esters is 1. The summed E-state index contributed by atoms with van der Waals surface area (Å²) < 4.78 is 4.69. The van der Waals surface area contributed by atoms with Gasteiger partial charge in [0.1, 0.15) is 0 Å². The molecular formula is C15H19NO2. The van der Waals surface area contributed by atoms with Gasteiger partial charge in [-0.1, -0.05) is 6.42 Å². The van der Waals surface area contributed by atoms with E-state index in [1.807, 2.05) is 24.3 Å². The molecule has 3 atom stereocenters. The van der Waals surface area contributed by atoms with E-state index in [-0.39, 0.29) is 5.97 Å². The average Bonchev–Trinajstić information content (AvgIpc) is 3.01. The van der Waals surface area contributed by atoms with Gasteiger partial charge in [0, 0.05) is 11.7 Å². The van der Waals surface area contributed by atoms with Gasteiger partial charge in [-0.25, -0.2) is 4.79 Å². The van der Waals surface area contributed by atoms with Crippen molar-refractivity contribution in [3.8, 4) is 0 Å². The van der Waals surface area contributed by atoms with Gasteiger partial charge in [-0.15, -0.1) is 0 Å². The Bertz CT molecular complexity index is 440. The Morgan fingerprint density at radius 3 is 2.56 bits per heavy atom. The lowest BCUT2D eigenvalue weighted by atomic mass is 9.95. The summed E-state index contributed by atoms with van der Waals surface area (Å²) in [5.41, 5.74) is 1.72. The Hall–Kier alpha value is -1.51. The van der Waals surface area contributed by atoms with Crippen LogP contribution < -0.4 is 5.32 Å². The Labute approximate surface area is 108 Å². The summed E-state index contributed by atoms with van der Waals surface area (Å²) in [4.78, 5) is 11.3. The van der Waals surface area contributed by atoms with E-state index in [1.54, 1.807) is 0 Å². The van der Waals surface area contributed by atoms with Crippen LogP contribution in [0.4, 0.5) is 5.69 Å².